The van der Waals surface area contributed by atoms with E-state index in [1.807, 2.05) is 37.9 Å². The lowest BCUT2D eigenvalue weighted by Crippen LogP contribution is -2.70. The number of piperazine rings is 1. The molecule has 3 aromatic rings. The summed E-state index contributed by atoms with van der Waals surface area (Å²) in [5.74, 6) is 0.996. The number of aliphatic hydroxyl groups is 1. The van der Waals surface area contributed by atoms with Gasteiger partial charge in [0.2, 0.25) is 6.79 Å². The van der Waals surface area contributed by atoms with Crippen LogP contribution in [-0.4, -0.2) is 103 Å². The minimum absolute atomic E-state index is 0.0353. The van der Waals surface area contributed by atoms with E-state index >= 15 is 4.79 Å². The molecular weight excluding hydrogens is 927 g/mol. The predicted molar refractivity (Wildman–Crippen MR) is 269 cm³/mol. The van der Waals surface area contributed by atoms with Crippen molar-refractivity contribution in [3.05, 3.63) is 62.7 Å². The number of methoxy groups -OCH3 is 2. The first kappa shape index (κ1) is 51.2. The van der Waals surface area contributed by atoms with Crippen LogP contribution in [0.15, 0.2) is 18.2 Å². The Morgan fingerprint density at radius 2 is 1.54 bits per heavy atom. The number of fused-ring (bicyclic) bond motifs is 9. The summed E-state index contributed by atoms with van der Waals surface area (Å²) in [5, 5.41) is 27.9. The van der Waals surface area contributed by atoms with Gasteiger partial charge in [0.1, 0.15) is 18.6 Å². The van der Waals surface area contributed by atoms with E-state index in [-0.39, 0.29) is 30.9 Å². The van der Waals surface area contributed by atoms with E-state index < -0.39 is 53.1 Å². The number of hydrogen-bond donors (Lipinski definition) is 3. The van der Waals surface area contributed by atoms with Crippen molar-refractivity contribution in [1.82, 2.24) is 15.1 Å². The summed E-state index contributed by atoms with van der Waals surface area (Å²) in [7, 11) is 5.03. The third-order valence-electron chi connectivity index (χ3n) is 16.0. The average Bonchev–Trinajstić information content (AvgIpc) is 3.84. The fourth-order valence-electron chi connectivity index (χ4n) is 12.5. The number of esters is 3. The minimum Gasteiger partial charge on any atom is -0.504 e. The summed E-state index contributed by atoms with van der Waals surface area (Å²) in [6, 6.07) is 3.33. The van der Waals surface area contributed by atoms with Crippen molar-refractivity contribution in [2.75, 3.05) is 47.0 Å². The number of nitrogens with one attached hydrogen (secondary N) is 1. The topological polar surface area (TPSA) is 175 Å². The molecule has 0 amide bonds. The smallest absolute Gasteiger partial charge is 0.331 e. The number of carbonyl (C=O) groups is 3. The maximum atomic E-state index is 15.1. The molecule has 2 fully saturated rings. The second-order valence-corrected chi connectivity index (χ2v) is 21.5. The predicted octanol–water partition coefficient (Wildman–Crippen LogP) is 9.09. The molecule has 71 heavy (non-hydrogen) atoms. The van der Waals surface area contributed by atoms with Crippen LogP contribution < -0.4 is 33.7 Å². The highest BCUT2D eigenvalue weighted by Crippen LogP contribution is 2.64. The Bertz CT molecular complexity index is 2500. The normalized spacial score (nSPS) is 25.2. The van der Waals surface area contributed by atoms with Gasteiger partial charge in [-0.25, -0.2) is 4.79 Å². The number of aryl methyl sites for hydroxylation is 1. The Labute approximate surface area is 422 Å². The molecule has 1 unspecified atom stereocenters. The first-order valence-corrected chi connectivity index (χ1v) is 27.1. The van der Waals surface area contributed by atoms with Crippen molar-refractivity contribution in [1.29, 1.82) is 0 Å². The summed E-state index contributed by atoms with van der Waals surface area (Å²) in [6.07, 6.45) is 16.0. The highest BCUT2D eigenvalue weighted by Gasteiger charge is 2.61. The number of unbranched alkanes of at least 4 members (excludes halogenated alkanes) is 12. The van der Waals surface area contributed by atoms with E-state index in [9.17, 15) is 19.8 Å². The van der Waals surface area contributed by atoms with Crippen LogP contribution in [0, 0.1) is 13.8 Å². The molecule has 3 N–H and O–H groups in total. The number of phenols is 1. The molecule has 0 aromatic heterocycles. The van der Waals surface area contributed by atoms with E-state index in [2.05, 4.69) is 17.1 Å². The fraction of sp³-hybridized carbons (Fsp3) is 0.618. The fourth-order valence-corrected chi connectivity index (χ4v) is 14.2. The van der Waals surface area contributed by atoms with Crippen molar-refractivity contribution in [2.24, 2.45) is 0 Å². The van der Waals surface area contributed by atoms with Gasteiger partial charge in [-0.1, -0.05) is 90.0 Å². The third kappa shape index (κ3) is 9.45. The van der Waals surface area contributed by atoms with Crippen molar-refractivity contribution in [2.45, 2.75) is 172 Å². The standard InChI is InChI=1S/C55H73N3O12S/c1-8-9-10-11-12-13-14-15-16-17-18-19-20-21-41(60)70-40-26-34-22-23-56-55(36(34)27-39(40)64-6)29-71-52-44-43(51-50(67-30-68-51)32(3)49(44)69-33(4)59)38(28-66-54(55)63)58-46(52)45-42-35(25-37(53(58)62)57(45)5)24-31(2)48(65-7)47(42)61/h24,26-27,37-38,45-46,52-53,56,61-62H,8-23,25,28-30H2,1-7H3/t37-,38+,45-,46?,52-,53+,55-/m1/s1. The highest BCUT2D eigenvalue weighted by atomic mass is 32.2. The van der Waals surface area contributed by atoms with Gasteiger partial charge in [0.15, 0.2) is 40.0 Å². The van der Waals surface area contributed by atoms with Crippen LogP contribution in [0.2, 0.25) is 0 Å². The first-order valence-electron chi connectivity index (χ1n) is 26.0. The van der Waals surface area contributed by atoms with Gasteiger partial charge in [-0.2, -0.15) is 0 Å². The number of ether oxygens (including phenoxy) is 7. The SMILES string of the molecule is CCCCCCCCCCCCCCCC(=O)Oc1cc2c(cc1OC)[C@@]1(CS[C@@H]3c4c(OC(C)=O)c(C)c5c(c4[C@H](COC1=O)N1C3[C@H]3c4c(cc(C)c(OC)c4O)C[C@H]([C@@H]1O)N3C)OCO5)NCC2. The molecule has 386 valence electrons. The number of nitrogens with zero attached hydrogens (tertiary/aromatic N) is 2. The van der Waals surface area contributed by atoms with Gasteiger partial charge in [0, 0.05) is 53.9 Å². The van der Waals surface area contributed by atoms with Crippen molar-refractivity contribution < 1.29 is 57.8 Å². The Kier molecular flexibility index (Phi) is 15.7. The van der Waals surface area contributed by atoms with Gasteiger partial charge >= 0.3 is 17.9 Å². The largest absolute Gasteiger partial charge is 0.504 e. The summed E-state index contributed by atoms with van der Waals surface area (Å²) in [6.45, 7) is 7.49. The number of hydrogen-bond acceptors (Lipinski definition) is 16. The van der Waals surface area contributed by atoms with E-state index in [4.69, 9.17) is 33.2 Å². The van der Waals surface area contributed by atoms with Gasteiger partial charge in [0.05, 0.1) is 37.6 Å². The van der Waals surface area contributed by atoms with Crippen LogP contribution in [0.4, 0.5) is 0 Å². The van der Waals surface area contributed by atoms with Crippen LogP contribution in [-0.2, 0) is 37.5 Å². The number of rotatable bonds is 18. The Morgan fingerprint density at radius 1 is 0.845 bits per heavy atom. The highest BCUT2D eigenvalue weighted by molar-refractivity contribution is 7.99. The lowest BCUT2D eigenvalue weighted by molar-refractivity contribution is -0.186. The van der Waals surface area contributed by atoms with Gasteiger partial charge in [0.25, 0.3) is 0 Å². The van der Waals surface area contributed by atoms with E-state index in [1.54, 1.807) is 13.2 Å². The van der Waals surface area contributed by atoms with Crippen LogP contribution >= 0.6 is 11.8 Å². The van der Waals surface area contributed by atoms with Crippen LogP contribution in [0.3, 0.4) is 0 Å². The molecule has 15 nitrogen and oxygen atoms in total. The number of thioether (sulfide) groups is 1. The molecule has 0 radical (unpaired) electrons. The van der Waals surface area contributed by atoms with Gasteiger partial charge in [-0.15, -0.1) is 11.8 Å². The van der Waals surface area contributed by atoms with Crippen molar-refractivity contribution >= 4 is 29.7 Å². The summed E-state index contributed by atoms with van der Waals surface area (Å²) in [4.78, 5) is 45.7. The Balaban J connectivity index is 1.03. The van der Waals surface area contributed by atoms with Gasteiger partial charge in [-0.3, -0.25) is 24.7 Å². The van der Waals surface area contributed by atoms with Crippen LogP contribution in [0.5, 0.6) is 40.2 Å². The monoisotopic (exact) mass is 999 g/mol. The molecule has 1 spiro atoms. The molecule has 7 aliphatic heterocycles. The molecule has 0 aliphatic carbocycles. The van der Waals surface area contributed by atoms with Gasteiger partial charge < -0.3 is 43.4 Å². The van der Waals surface area contributed by atoms with E-state index in [0.29, 0.717) is 88.1 Å². The second-order valence-electron chi connectivity index (χ2n) is 20.4. The maximum absolute atomic E-state index is 15.1. The zero-order chi connectivity index (χ0) is 50.1. The number of aliphatic hydroxyl groups excluding tert-OH is 1. The van der Waals surface area contributed by atoms with Gasteiger partial charge in [-0.05, 0) is 74.5 Å². The molecular formula is C55H73N3O12S. The lowest BCUT2D eigenvalue weighted by atomic mass is 9.73. The van der Waals surface area contributed by atoms with E-state index in [1.165, 1.54) is 90.0 Å². The summed E-state index contributed by atoms with van der Waals surface area (Å²) >= 11 is 1.48. The Morgan fingerprint density at radius 3 is 2.21 bits per heavy atom. The number of aromatic hydroxyl groups is 1. The lowest BCUT2D eigenvalue weighted by Gasteiger charge is -2.62. The van der Waals surface area contributed by atoms with Crippen molar-refractivity contribution in [3.8, 4) is 40.2 Å². The molecule has 7 aliphatic rings. The average molecular weight is 1000 g/mol. The molecule has 3 aromatic carbocycles. The molecule has 4 bridgehead atoms. The molecule has 16 heteroatoms. The first-order chi connectivity index (χ1) is 34.3. The molecule has 7 atom stereocenters. The quantitative estimate of drug-likeness (QED) is 0.0625. The third-order valence-corrected chi connectivity index (χ3v) is 17.4. The number of carbonyl (C=O) groups excluding carboxylic acids is 3. The minimum atomic E-state index is -1.41. The maximum Gasteiger partial charge on any atom is 0.331 e. The van der Waals surface area contributed by atoms with Crippen LogP contribution in [0.25, 0.3) is 0 Å². The zero-order valence-electron chi connectivity index (χ0n) is 42.6. The Hall–Kier alpha value is -4.74. The number of likely N-dealkylation sites (N-methyl/N-ethyl adjacent to an activating group) is 1. The number of benzene rings is 3. The number of phenolic OH excluding ortho intramolecular Hbond substituents is 1. The molecule has 0 saturated carbocycles. The summed E-state index contributed by atoms with van der Waals surface area (Å²) in [5.41, 5.74) is 4.32. The second kappa shape index (κ2) is 21.8. The summed E-state index contributed by atoms with van der Waals surface area (Å²) < 4.78 is 42.8. The van der Waals surface area contributed by atoms with Crippen LogP contribution in [0.1, 0.15) is 166 Å². The molecule has 7 heterocycles. The molecule has 10 rings (SSSR count). The van der Waals surface area contributed by atoms with Crippen molar-refractivity contribution in [3.63, 3.8) is 0 Å². The molecule has 2 saturated heterocycles. The van der Waals surface area contributed by atoms with E-state index in [0.717, 1.165) is 36.0 Å². The zero-order valence-corrected chi connectivity index (χ0v) is 43.4.